The lowest BCUT2D eigenvalue weighted by molar-refractivity contribution is 0.667. The molecule has 0 saturated heterocycles. The van der Waals surface area contributed by atoms with Gasteiger partial charge in [0, 0.05) is 59.3 Å². The van der Waals surface area contributed by atoms with Gasteiger partial charge in [-0.3, -0.25) is 0 Å². The molecule has 0 bridgehead atoms. The molecular weight excluding hydrogens is 631 g/mol. The summed E-state index contributed by atoms with van der Waals surface area (Å²) in [7, 11) is 4.27. The number of aromatic nitrogens is 1. The quantitative estimate of drug-likeness (QED) is 0.169. The molecule has 3 heterocycles. The second kappa shape index (κ2) is 12.1. The monoisotopic (exact) mass is 672 g/mol. The SMILES string of the molecule is C/C=C/c1cc2c3c(c1)N(c1ccccc1)c1c(cccc1-n1c4c(c5ccccc51)CCCC4)B3c1ccc(N(C)C)cc1N2c1ccccc1. The second-order valence-electron chi connectivity index (χ2n) is 14.6. The summed E-state index contributed by atoms with van der Waals surface area (Å²) >= 11 is 0. The van der Waals surface area contributed by atoms with E-state index in [-0.39, 0.29) is 6.71 Å². The zero-order valence-electron chi connectivity index (χ0n) is 30.1. The van der Waals surface area contributed by atoms with Crippen molar-refractivity contribution >= 4 is 79.9 Å². The number of hydrogen-bond acceptors (Lipinski definition) is 3. The zero-order valence-corrected chi connectivity index (χ0v) is 30.1. The number of aryl methyl sites for hydroxylation is 1. The number of hydrogen-bond donors (Lipinski definition) is 0. The lowest BCUT2D eigenvalue weighted by Gasteiger charge is -2.45. The van der Waals surface area contributed by atoms with Gasteiger partial charge in [0.1, 0.15) is 0 Å². The van der Waals surface area contributed by atoms with E-state index in [1.54, 1.807) is 0 Å². The van der Waals surface area contributed by atoms with Gasteiger partial charge in [0.25, 0.3) is 6.71 Å². The molecule has 3 aliphatic rings. The summed E-state index contributed by atoms with van der Waals surface area (Å²) in [5.41, 5.74) is 19.2. The first-order chi connectivity index (χ1) is 25.6. The molecular formula is C47H41BN4. The molecule has 0 N–H and O–H groups in total. The third-order valence-corrected chi connectivity index (χ3v) is 11.4. The van der Waals surface area contributed by atoms with Gasteiger partial charge in [0.05, 0.1) is 16.9 Å². The smallest absolute Gasteiger partial charge is 0.252 e. The predicted molar refractivity (Wildman–Crippen MR) is 223 cm³/mol. The molecule has 0 saturated carbocycles. The van der Waals surface area contributed by atoms with Gasteiger partial charge < -0.3 is 19.3 Å². The summed E-state index contributed by atoms with van der Waals surface area (Å²) in [6, 6.07) is 49.9. The Kier molecular flexibility index (Phi) is 7.17. The van der Waals surface area contributed by atoms with Crippen molar-refractivity contribution in [1.29, 1.82) is 0 Å². The van der Waals surface area contributed by atoms with E-state index >= 15 is 0 Å². The molecule has 10 rings (SSSR count). The fraction of sp³-hybridized carbons (Fsp3) is 0.149. The molecule has 0 atom stereocenters. The summed E-state index contributed by atoms with van der Waals surface area (Å²) in [5, 5.41) is 1.40. The van der Waals surface area contributed by atoms with Crippen molar-refractivity contribution in [2.45, 2.75) is 32.6 Å². The number of allylic oxidation sites excluding steroid dienone is 1. The van der Waals surface area contributed by atoms with Crippen molar-refractivity contribution in [3.05, 3.63) is 156 Å². The molecule has 5 heteroatoms. The molecule has 2 aliphatic heterocycles. The van der Waals surface area contributed by atoms with Crippen LogP contribution in [0.3, 0.4) is 0 Å². The molecule has 6 aromatic carbocycles. The fourth-order valence-corrected chi connectivity index (χ4v) is 9.25. The van der Waals surface area contributed by atoms with Crippen LogP contribution in [0.4, 0.5) is 39.8 Å². The lowest BCUT2D eigenvalue weighted by Crippen LogP contribution is -2.61. The number of nitrogens with zero attached hydrogens (tertiary/aromatic N) is 4. The average Bonchev–Trinajstić information content (AvgIpc) is 3.52. The summed E-state index contributed by atoms with van der Waals surface area (Å²) in [6.45, 7) is 2.16. The first kappa shape index (κ1) is 30.9. The number of para-hydroxylation sites is 4. The van der Waals surface area contributed by atoms with Gasteiger partial charge in [-0.1, -0.05) is 84.9 Å². The number of anilines is 7. The van der Waals surface area contributed by atoms with Crippen LogP contribution in [0.25, 0.3) is 22.7 Å². The van der Waals surface area contributed by atoms with E-state index in [0.29, 0.717) is 0 Å². The zero-order chi connectivity index (χ0) is 34.9. The topological polar surface area (TPSA) is 14.7 Å². The fourth-order valence-electron chi connectivity index (χ4n) is 9.25. The highest BCUT2D eigenvalue weighted by Gasteiger charge is 2.44. The van der Waals surface area contributed by atoms with E-state index < -0.39 is 0 Å². The van der Waals surface area contributed by atoms with Crippen molar-refractivity contribution in [3.8, 4) is 5.69 Å². The maximum absolute atomic E-state index is 2.62. The summed E-state index contributed by atoms with van der Waals surface area (Å²) in [4.78, 5) is 7.28. The molecule has 0 amide bonds. The van der Waals surface area contributed by atoms with Gasteiger partial charge in [0.15, 0.2) is 0 Å². The van der Waals surface area contributed by atoms with Crippen molar-refractivity contribution in [2.24, 2.45) is 0 Å². The lowest BCUT2D eigenvalue weighted by atomic mass is 9.33. The third-order valence-electron chi connectivity index (χ3n) is 11.4. The molecule has 0 spiro atoms. The van der Waals surface area contributed by atoms with Crippen LogP contribution in [0.2, 0.25) is 0 Å². The van der Waals surface area contributed by atoms with Gasteiger partial charge in [-0.2, -0.15) is 0 Å². The largest absolute Gasteiger partial charge is 0.378 e. The first-order valence-corrected chi connectivity index (χ1v) is 18.7. The Labute approximate surface area is 306 Å². The van der Waals surface area contributed by atoms with Gasteiger partial charge >= 0.3 is 0 Å². The van der Waals surface area contributed by atoms with Gasteiger partial charge in [0.2, 0.25) is 0 Å². The van der Waals surface area contributed by atoms with E-state index in [2.05, 4.69) is 186 Å². The first-order valence-electron chi connectivity index (χ1n) is 18.7. The Morgan fingerprint density at radius 2 is 1.31 bits per heavy atom. The highest BCUT2D eigenvalue weighted by Crippen LogP contribution is 2.48. The second-order valence-corrected chi connectivity index (χ2v) is 14.6. The van der Waals surface area contributed by atoms with Crippen molar-refractivity contribution in [3.63, 3.8) is 0 Å². The Morgan fingerprint density at radius 3 is 2.06 bits per heavy atom. The van der Waals surface area contributed by atoms with E-state index in [1.807, 2.05) is 0 Å². The summed E-state index contributed by atoms with van der Waals surface area (Å²) in [6.07, 6.45) is 9.11. The maximum atomic E-state index is 2.62. The van der Waals surface area contributed by atoms with E-state index in [0.717, 1.165) is 18.5 Å². The maximum Gasteiger partial charge on any atom is 0.252 e. The van der Waals surface area contributed by atoms with E-state index in [9.17, 15) is 0 Å². The molecule has 7 aromatic rings. The van der Waals surface area contributed by atoms with Crippen LogP contribution in [0.1, 0.15) is 36.6 Å². The molecule has 4 nitrogen and oxygen atoms in total. The van der Waals surface area contributed by atoms with Crippen LogP contribution >= 0.6 is 0 Å². The Morgan fingerprint density at radius 1 is 0.615 bits per heavy atom. The summed E-state index contributed by atoms with van der Waals surface area (Å²) < 4.78 is 2.62. The van der Waals surface area contributed by atoms with Crippen LogP contribution in [-0.2, 0) is 12.8 Å². The van der Waals surface area contributed by atoms with Crippen LogP contribution < -0.4 is 31.1 Å². The minimum Gasteiger partial charge on any atom is -0.378 e. The van der Waals surface area contributed by atoms with Gasteiger partial charge in [-0.25, -0.2) is 0 Å². The number of rotatable bonds is 5. The van der Waals surface area contributed by atoms with Crippen LogP contribution in [-0.4, -0.2) is 25.4 Å². The van der Waals surface area contributed by atoms with Gasteiger partial charge in [-0.15, -0.1) is 0 Å². The minimum atomic E-state index is 0.0448. The Hall–Kier alpha value is -5.94. The molecule has 252 valence electrons. The van der Waals surface area contributed by atoms with E-state index in [4.69, 9.17) is 0 Å². The van der Waals surface area contributed by atoms with Crippen LogP contribution in [0, 0.1) is 0 Å². The number of benzene rings is 6. The Bertz CT molecular complexity index is 2530. The van der Waals surface area contributed by atoms with Crippen LogP contribution in [0.5, 0.6) is 0 Å². The number of fused-ring (bicyclic) bond motifs is 7. The highest BCUT2D eigenvalue weighted by molar-refractivity contribution is 7.00. The standard InChI is InChI=1S/C47H41BN4/c1-4-16-32-29-44-46-45(30-32)51(34-19-9-6-10-20-34)47-39(23-15-26-42(47)52-40-24-13-11-21-36(40)37-22-12-14-25-41(37)52)48(46)38-28-27-35(49(2)3)31-43(38)50(44)33-17-7-5-8-18-33/h4-11,13,15-21,23-24,26-31H,12,14,22,25H2,1-3H3/b16-4+. The van der Waals surface area contributed by atoms with Crippen molar-refractivity contribution in [2.75, 3.05) is 28.8 Å². The van der Waals surface area contributed by atoms with Crippen LogP contribution in [0.15, 0.2) is 140 Å². The molecule has 52 heavy (non-hydrogen) atoms. The molecule has 0 radical (unpaired) electrons. The molecule has 0 fully saturated rings. The Balaban J connectivity index is 1.35. The minimum absolute atomic E-state index is 0.0448. The van der Waals surface area contributed by atoms with Gasteiger partial charge in [-0.05, 0) is 121 Å². The van der Waals surface area contributed by atoms with E-state index in [1.165, 1.54) is 96.8 Å². The molecule has 1 aliphatic carbocycles. The molecule has 0 unspecified atom stereocenters. The molecule has 1 aromatic heterocycles. The summed E-state index contributed by atoms with van der Waals surface area (Å²) in [5.74, 6) is 0. The predicted octanol–water partition coefficient (Wildman–Crippen LogP) is 9.69. The highest BCUT2D eigenvalue weighted by atomic mass is 15.2. The average molecular weight is 673 g/mol. The van der Waals surface area contributed by atoms with Crippen molar-refractivity contribution in [1.82, 2.24) is 4.57 Å². The normalized spacial score (nSPS) is 14.3. The van der Waals surface area contributed by atoms with Crippen molar-refractivity contribution < 1.29 is 0 Å². The third kappa shape index (κ3) is 4.55.